The number of nitrogens with zero attached hydrogens (tertiary/aromatic N) is 1. The van der Waals surface area contributed by atoms with E-state index in [1.54, 1.807) is 0 Å². The number of nitrogens with two attached hydrogens (primary N) is 1. The highest BCUT2D eigenvalue weighted by molar-refractivity contribution is 6.31. The molecule has 2 nitrogen and oxygen atoms in total. The summed E-state index contributed by atoms with van der Waals surface area (Å²) in [4.78, 5) is 2.28. The number of hydrogen-bond donors (Lipinski definition) is 1. The van der Waals surface area contributed by atoms with Gasteiger partial charge in [-0.3, -0.25) is 0 Å². The van der Waals surface area contributed by atoms with E-state index in [9.17, 15) is 0 Å². The Bertz CT molecular complexity index is 446. The minimum atomic E-state index is 0.763. The van der Waals surface area contributed by atoms with Gasteiger partial charge < -0.3 is 10.6 Å². The van der Waals surface area contributed by atoms with Crippen LogP contribution < -0.4 is 10.6 Å². The Morgan fingerprint density at radius 1 is 1.33 bits per heavy atom. The number of fused-ring (bicyclic) bond motifs is 2. The SMILES string of the molecule is CN(CC1CC2CCC1C2)c1cc(Cl)ccc1N. The Morgan fingerprint density at radius 2 is 2.17 bits per heavy atom. The third-order valence-electron chi connectivity index (χ3n) is 4.80. The Labute approximate surface area is 114 Å². The monoisotopic (exact) mass is 264 g/mol. The summed E-state index contributed by atoms with van der Waals surface area (Å²) in [6.07, 6.45) is 5.78. The van der Waals surface area contributed by atoms with Crippen LogP contribution in [0.2, 0.25) is 5.02 Å². The fourth-order valence-corrected chi connectivity index (χ4v) is 4.06. The molecular weight excluding hydrogens is 244 g/mol. The van der Waals surface area contributed by atoms with Crippen molar-refractivity contribution in [2.24, 2.45) is 17.8 Å². The zero-order valence-electron chi connectivity index (χ0n) is 10.9. The first-order valence-corrected chi connectivity index (χ1v) is 7.27. The van der Waals surface area contributed by atoms with E-state index in [1.165, 1.54) is 25.7 Å². The fourth-order valence-electron chi connectivity index (χ4n) is 3.90. The zero-order chi connectivity index (χ0) is 12.7. The van der Waals surface area contributed by atoms with Gasteiger partial charge in [0.15, 0.2) is 0 Å². The van der Waals surface area contributed by atoms with Crippen LogP contribution >= 0.6 is 11.6 Å². The average molecular weight is 265 g/mol. The fraction of sp³-hybridized carbons (Fsp3) is 0.600. The van der Waals surface area contributed by atoms with Crippen LogP contribution in [0.1, 0.15) is 25.7 Å². The van der Waals surface area contributed by atoms with Gasteiger partial charge in [0.1, 0.15) is 0 Å². The smallest absolute Gasteiger partial charge is 0.0612 e. The minimum absolute atomic E-state index is 0.763. The molecule has 0 aromatic heterocycles. The first-order valence-electron chi connectivity index (χ1n) is 6.89. The van der Waals surface area contributed by atoms with E-state index in [-0.39, 0.29) is 0 Å². The summed E-state index contributed by atoms with van der Waals surface area (Å²) >= 11 is 6.06. The first-order chi connectivity index (χ1) is 8.63. The van der Waals surface area contributed by atoms with Crippen molar-refractivity contribution in [2.75, 3.05) is 24.2 Å². The molecule has 1 aromatic rings. The van der Waals surface area contributed by atoms with E-state index < -0.39 is 0 Å². The number of rotatable bonds is 3. The molecule has 2 saturated carbocycles. The van der Waals surface area contributed by atoms with Gasteiger partial charge in [0.2, 0.25) is 0 Å². The van der Waals surface area contributed by atoms with Gasteiger partial charge in [0.05, 0.1) is 11.4 Å². The molecule has 3 atom stereocenters. The van der Waals surface area contributed by atoms with Crippen molar-refractivity contribution in [3.05, 3.63) is 23.2 Å². The second-order valence-corrected chi connectivity index (χ2v) is 6.46. The highest BCUT2D eigenvalue weighted by atomic mass is 35.5. The molecule has 2 aliphatic carbocycles. The van der Waals surface area contributed by atoms with Crippen LogP contribution in [0.4, 0.5) is 11.4 Å². The highest BCUT2D eigenvalue weighted by Gasteiger charge is 2.39. The van der Waals surface area contributed by atoms with Gasteiger partial charge in [-0.2, -0.15) is 0 Å². The van der Waals surface area contributed by atoms with Gasteiger partial charge in [-0.05, 0) is 55.2 Å². The van der Waals surface area contributed by atoms with Crippen LogP contribution in [0.25, 0.3) is 0 Å². The third kappa shape index (κ3) is 2.18. The Hall–Kier alpha value is -0.890. The van der Waals surface area contributed by atoms with E-state index in [4.69, 9.17) is 17.3 Å². The predicted octanol–water partition coefficient (Wildman–Crippen LogP) is 3.79. The summed E-state index contributed by atoms with van der Waals surface area (Å²) in [5.41, 5.74) is 7.94. The summed E-state index contributed by atoms with van der Waals surface area (Å²) in [7, 11) is 2.13. The highest BCUT2D eigenvalue weighted by Crippen LogP contribution is 2.48. The van der Waals surface area contributed by atoms with Crippen molar-refractivity contribution >= 4 is 23.0 Å². The maximum atomic E-state index is 6.06. The second-order valence-electron chi connectivity index (χ2n) is 6.02. The largest absolute Gasteiger partial charge is 0.397 e. The van der Waals surface area contributed by atoms with Crippen molar-refractivity contribution < 1.29 is 0 Å². The van der Waals surface area contributed by atoms with Crippen LogP contribution in [-0.2, 0) is 0 Å². The minimum Gasteiger partial charge on any atom is -0.397 e. The van der Waals surface area contributed by atoms with Crippen LogP contribution in [0.15, 0.2) is 18.2 Å². The molecule has 3 heteroatoms. The molecular formula is C15H21ClN2. The van der Waals surface area contributed by atoms with Gasteiger partial charge in [0.25, 0.3) is 0 Å². The molecule has 0 radical (unpaired) electrons. The van der Waals surface area contributed by atoms with Gasteiger partial charge in [-0.25, -0.2) is 0 Å². The van der Waals surface area contributed by atoms with E-state index in [0.29, 0.717) is 0 Å². The standard InChI is InChI=1S/C15H21ClN2/c1-18(15-8-13(16)4-5-14(15)17)9-12-7-10-2-3-11(12)6-10/h4-5,8,10-12H,2-3,6-7,9,17H2,1H3. The molecule has 2 bridgehead atoms. The zero-order valence-corrected chi connectivity index (χ0v) is 11.7. The topological polar surface area (TPSA) is 29.3 Å². The third-order valence-corrected chi connectivity index (χ3v) is 5.03. The van der Waals surface area contributed by atoms with E-state index in [0.717, 1.165) is 40.7 Å². The molecule has 0 amide bonds. The number of hydrogen-bond acceptors (Lipinski definition) is 2. The summed E-state index contributed by atoms with van der Waals surface area (Å²) in [6, 6.07) is 5.73. The lowest BCUT2D eigenvalue weighted by Gasteiger charge is -2.29. The molecule has 0 saturated heterocycles. The summed E-state index contributed by atoms with van der Waals surface area (Å²) < 4.78 is 0. The lowest BCUT2D eigenvalue weighted by molar-refractivity contribution is 0.337. The van der Waals surface area contributed by atoms with Gasteiger partial charge in [0, 0.05) is 18.6 Å². The molecule has 98 valence electrons. The Kier molecular flexibility index (Phi) is 3.14. The van der Waals surface area contributed by atoms with Crippen molar-refractivity contribution in [3.63, 3.8) is 0 Å². The number of nitrogen functional groups attached to an aromatic ring is 1. The number of benzene rings is 1. The molecule has 0 heterocycles. The van der Waals surface area contributed by atoms with Gasteiger partial charge in [-0.1, -0.05) is 18.0 Å². The van der Waals surface area contributed by atoms with Crippen molar-refractivity contribution in [3.8, 4) is 0 Å². The maximum absolute atomic E-state index is 6.06. The molecule has 3 rings (SSSR count). The van der Waals surface area contributed by atoms with Crippen LogP contribution in [-0.4, -0.2) is 13.6 Å². The van der Waals surface area contributed by atoms with Gasteiger partial charge >= 0.3 is 0 Å². The van der Waals surface area contributed by atoms with E-state index in [2.05, 4.69) is 11.9 Å². The molecule has 1 aromatic carbocycles. The molecule has 2 N–H and O–H groups in total. The van der Waals surface area contributed by atoms with Crippen LogP contribution in [0, 0.1) is 17.8 Å². The Balaban J connectivity index is 1.71. The molecule has 2 aliphatic rings. The summed E-state index contributed by atoms with van der Waals surface area (Å²) in [5.74, 6) is 2.81. The molecule has 0 spiro atoms. The molecule has 18 heavy (non-hydrogen) atoms. The summed E-state index contributed by atoms with van der Waals surface area (Å²) in [5, 5.41) is 0.763. The van der Waals surface area contributed by atoms with Crippen LogP contribution in [0.3, 0.4) is 0 Å². The lowest BCUT2D eigenvalue weighted by atomic mass is 9.88. The molecule has 3 unspecified atom stereocenters. The first kappa shape index (κ1) is 12.2. The molecule has 2 fully saturated rings. The summed E-state index contributed by atoms with van der Waals surface area (Å²) in [6.45, 7) is 1.12. The number of halogens is 1. The Morgan fingerprint density at radius 3 is 2.83 bits per heavy atom. The quantitative estimate of drug-likeness (QED) is 0.842. The van der Waals surface area contributed by atoms with Crippen molar-refractivity contribution in [1.82, 2.24) is 0 Å². The number of anilines is 2. The van der Waals surface area contributed by atoms with Crippen LogP contribution in [0.5, 0.6) is 0 Å². The normalized spacial score (nSPS) is 29.8. The molecule has 0 aliphatic heterocycles. The van der Waals surface area contributed by atoms with Crippen molar-refractivity contribution in [1.29, 1.82) is 0 Å². The second kappa shape index (κ2) is 4.65. The van der Waals surface area contributed by atoms with E-state index >= 15 is 0 Å². The van der Waals surface area contributed by atoms with Gasteiger partial charge in [-0.15, -0.1) is 0 Å². The van der Waals surface area contributed by atoms with E-state index in [1.807, 2.05) is 18.2 Å². The lowest BCUT2D eigenvalue weighted by Crippen LogP contribution is -2.29. The maximum Gasteiger partial charge on any atom is 0.0612 e. The average Bonchev–Trinajstić information content (AvgIpc) is 2.94. The predicted molar refractivity (Wildman–Crippen MR) is 78.1 cm³/mol. The van der Waals surface area contributed by atoms with Crippen molar-refractivity contribution in [2.45, 2.75) is 25.7 Å².